The summed E-state index contributed by atoms with van der Waals surface area (Å²) >= 11 is 0. The second-order valence-corrected chi connectivity index (χ2v) is 11.0. The molecule has 5 atom stereocenters. The fourth-order valence-corrected chi connectivity index (χ4v) is 7.46. The molecule has 1 aliphatic heterocycles. The van der Waals surface area contributed by atoms with E-state index < -0.39 is 17.0 Å². The van der Waals surface area contributed by atoms with E-state index in [4.69, 9.17) is 4.74 Å². The van der Waals surface area contributed by atoms with Gasteiger partial charge >= 0.3 is 0 Å². The summed E-state index contributed by atoms with van der Waals surface area (Å²) in [5.74, 6) is 0.762. The van der Waals surface area contributed by atoms with Gasteiger partial charge in [-0.05, 0) is 87.3 Å². The highest BCUT2D eigenvalue weighted by molar-refractivity contribution is 5.80. The first-order valence-corrected chi connectivity index (χ1v) is 11.9. The van der Waals surface area contributed by atoms with Gasteiger partial charge in [-0.1, -0.05) is 6.07 Å². The maximum absolute atomic E-state index is 13.8. The van der Waals surface area contributed by atoms with Crippen molar-refractivity contribution in [2.24, 2.45) is 11.8 Å². The summed E-state index contributed by atoms with van der Waals surface area (Å²) in [7, 11) is 1.43. The maximum atomic E-state index is 13.8. The van der Waals surface area contributed by atoms with Crippen LogP contribution in [0, 0.1) is 17.7 Å². The minimum absolute atomic E-state index is 0.00670. The molecule has 174 valence electrons. The smallest absolute Gasteiger partial charge is 0.220 e. The Morgan fingerprint density at radius 3 is 2.66 bits per heavy atom. The molecule has 32 heavy (non-hydrogen) atoms. The van der Waals surface area contributed by atoms with Crippen LogP contribution < -0.4 is 15.4 Å². The van der Waals surface area contributed by atoms with Gasteiger partial charge in [-0.15, -0.1) is 0 Å². The molecular weight excluding hydrogens is 411 g/mol. The number of halogens is 1. The van der Waals surface area contributed by atoms with Crippen molar-refractivity contribution >= 4 is 11.8 Å². The molecule has 0 spiro atoms. The van der Waals surface area contributed by atoms with E-state index in [9.17, 15) is 19.1 Å². The van der Waals surface area contributed by atoms with E-state index in [0.29, 0.717) is 50.4 Å². The van der Waals surface area contributed by atoms with Crippen molar-refractivity contribution in [3.63, 3.8) is 0 Å². The normalized spacial score (nSPS) is 37.4. The standard InChI is InChI=1S/C25H33FN2O4/c1-32-20-9-16(2-3-19(20)26)10-23(6-4-21(29)27-23)7-5-22(30)28-24-11-17-8-18(12-24)14-25(31,13-17)15-24/h2-3,9,17-18,31H,4-8,10-15H2,1H3,(H,27,29)(H,28,30)/t17-,18+,23-,24?,25?/m0/s1. The number of aliphatic hydroxyl groups is 1. The number of ether oxygens (including phenoxy) is 1. The SMILES string of the molecule is COc1cc(C[C@@]2(CCC(=O)NC34C[C@@H]5C[C@@H](CC(O)(C5)C3)C4)CCC(=O)N2)ccc1F. The Morgan fingerprint density at radius 2 is 2.03 bits per heavy atom. The quantitative estimate of drug-likeness (QED) is 0.603. The first kappa shape index (κ1) is 21.7. The van der Waals surface area contributed by atoms with Crippen LogP contribution in [0.25, 0.3) is 0 Å². The molecule has 1 aromatic carbocycles. The third-order valence-corrected chi connectivity index (χ3v) is 8.26. The number of nitrogens with one attached hydrogen (secondary N) is 2. The number of hydrogen-bond donors (Lipinski definition) is 3. The second kappa shape index (κ2) is 7.72. The van der Waals surface area contributed by atoms with Gasteiger partial charge in [-0.3, -0.25) is 9.59 Å². The summed E-state index contributed by atoms with van der Waals surface area (Å²) < 4.78 is 18.9. The molecule has 5 fully saturated rings. The zero-order valence-electron chi connectivity index (χ0n) is 18.7. The van der Waals surface area contributed by atoms with Gasteiger partial charge in [0.15, 0.2) is 11.6 Å². The molecule has 1 saturated heterocycles. The van der Waals surface area contributed by atoms with Crippen molar-refractivity contribution in [2.45, 2.75) is 87.3 Å². The van der Waals surface area contributed by atoms with E-state index in [1.165, 1.54) is 19.6 Å². The van der Waals surface area contributed by atoms with Crippen LogP contribution in [-0.4, -0.2) is 40.7 Å². The predicted octanol–water partition coefficient (Wildman–Crippen LogP) is 3.01. The molecule has 2 unspecified atom stereocenters. The summed E-state index contributed by atoms with van der Waals surface area (Å²) in [6.45, 7) is 0. The molecule has 6 nitrogen and oxygen atoms in total. The number of carbonyl (C=O) groups is 2. The zero-order chi connectivity index (χ0) is 22.6. The van der Waals surface area contributed by atoms with E-state index in [1.54, 1.807) is 12.1 Å². The summed E-state index contributed by atoms with van der Waals surface area (Å²) in [6.07, 6.45) is 7.96. The van der Waals surface area contributed by atoms with Gasteiger partial charge in [0, 0.05) is 23.9 Å². The maximum Gasteiger partial charge on any atom is 0.220 e. The van der Waals surface area contributed by atoms with E-state index in [-0.39, 0.29) is 23.1 Å². The average molecular weight is 445 g/mol. The first-order valence-electron chi connectivity index (χ1n) is 11.9. The zero-order valence-corrected chi connectivity index (χ0v) is 18.7. The molecule has 0 radical (unpaired) electrons. The second-order valence-electron chi connectivity index (χ2n) is 11.0. The van der Waals surface area contributed by atoms with Crippen LogP contribution in [0.2, 0.25) is 0 Å². The Bertz CT molecular complexity index is 921. The fourth-order valence-electron chi connectivity index (χ4n) is 7.46. The molecule has 4 bridgehead atoms. The van der Waals surface area contributed by atoms with Gasteiger partial charge in [0.25, 0.3) is 0 Å². The minimum Gasteiger partial charge on any atom is -0.494 e. The molecule has 4 saturated carbocycles. The van der Waals surface area contributed by atoms with Crippen LogP contribution in [-0.2, 0) is 16.0 Å². The highest BCUT2D eigenvalue weighted by atomic mass is 19.1. The lowest BCUT2D eigenvalue weighted by molar-refractivity contribution is -0.151. The van der Waals surface area contributed by atoms with Crippen LogP contribution >= 0.6 is 0 Å². The van der Waals surface area contributed by atoms with Gasteiger partial charge in [0.05, 0.1) is 12.7 Å². The van der Waals surface area contributed by atoms with Crippen molar-refractivity contribution in [3.8, 4) is 5.75 Å². The van der Waals surface area contributed by atoms with Gasteiger partial charge in [0.1, 0.15) is 0 Å². The topological polar surface area (TPSA) is 87.7 Å². The molecule has 1 heterocycles. The van der Waals surface area contributed by atoms with Gasteiger partial charge in [-0.25, -0.2) is 4.39 Å². The van der Waals surface area contributed by atoms with Crippen molar-refractivity contribution in [2.75, 3.05) is 7.11 Å². The van der Waals surface area contributed by atoms with Crippen molar-refractivity contribution < 1.29 is 23.8 Å². The summed E-state index contributed by atoms with van der Waals surface area (Å²) in [6, 6.07) is 4.75. The van der Waals surface area contributed by atoms with Crippen molar-refractivity contribution in [1.82, 2.24) is 10.6 Å². The van der Waals surface area contributed by atoms with E-state index in [2.05, 4.69) is 10.6 Å². The largest absolute Gasteiger partial charge is 0.494 e. The number of rotatable bonds is 7. The third kappa shape index (κ3) is 4.12. The summed E-state index contributed by atoms with van der Waals surface area (Å²) in [4.78, 5) is 25.1. The fraction of sp³-hybridized carbons (Fsp3) is 0.680. The average Bonchev–Trinajstić information content (AvgIpc) is 3.06. The summed E-state index contributed by atoms with van der Waals surface area (Å²) in [5, 5.41) is 17.3. The predicted molar refractivity (Wildman–Crippen MR) is 117 cm³/mol. The number of hydrogen-bond acceptors (Lipinski definition) is 4. The summed E-state index contributed by atoms with van der Waals surface area (Å²) in [5.41, 5.74) is -0.530. The molecule has 6 rings (SSSR count). The van der Waals surface area contributed by atoms with Crippen LogP contribution in [0.1, 0.15) is 69.8 Å². The Balaban J connectivity index is 1.25. The number of carbonyl (C=O) groups excluding carboxylic acids is 2. The highest BCUT2D eigenvalue weighted by Crippen LogP contribution is 2.57. The lowest BCUT2D eigenvalue weighted by Gasteiger charge is -2.60. The van der Waals surface area contributed by atoms with Gasteiger partial charge < -0.3 is 20.5 Å². The Hall–Kier alpha value is -2.15. The minimum atomic E-state index is -0.611. The Kier molecular flexibility index (Phi) is 5.23. The molecule has 2 amide bonds. The molecule has 5 aliphatic rings. The molecule has 1 aromatic rings. The van der Waals surface area contributed by atoms with Crippen LogP contribution in [0.15, 0.2) is 18.2 Å². The van der Waals surface area contributed by atoms with Crippen molar-refractivity contribution in [1.29, 1.82) is 0 Å². The first-order chi connectivity index (χ1) is 15.2. The molecule has 4 aliphatic carbocycles. The Morgan fingerprint density at radius 1 is 1.28 bits per heavy atom. The van der Waals surface area contributed by atoms with Gasteiger partial charge in [0.2, 0.25) is 11.8 Å². The number of amides is 2. The number of benzene rings is 1. The van der Waals surface area contributed by atoms with Crippen LogP contribution in [0.5, 0.6) is 5.75 Å². The molecule has 0 aromatic heterocycles. The van der Waals surface area contributed by atoms with E-state index in [1.807, 2.05) is 0 Å². The molecular formula is C25H33FN2O4. The monoisotopic (exact) mass is 444 g/mol. The molecule has 3 N–H and O–H groups in total. The number of methoxy groups -OCH3 is 1. The van der Waals surface area contributed by atoms with E-state index >= 15 is 0 Å². The van der Waals surface area contributed by atoms with Crippen LogP contribution in [0.3, 0.4) is 0 Å². The van der Waals surface area contributed by atoms with E-state index in [0.717, 1.165) is 31.2 Å². The highest BCUT2D eigenvalue weighted by Gasteiger charge is 2.57. The third-order valence-electron chi connectivity index (χ3n) is 8.26. The van der Waals surface area contributed by atoms with Crippen LogP contribution in [0.4, 0.5) is 4.39 Å². The molecule has 7 heteroatoms. The lowest BCUT2D eigenvalue weighted by atomic mass is 9.51. The van der Waals surface area contributed by atoms with Gasteiger partial charge in [-0.2, -0.15) is 0 Å². The Labute approximate surface area is 188 Å². The lowest BCUT2D eigenvalue weighted by Crippen LogP contribution is -2.65. The van der Waals surface area contributed by atoms with Crippen molar-refractivity contribution in [3.05, 3.63) is 29.6 Å².